The maximum atomic E-state index is 11.1. The molecule has 0 aromatic carbocycles. The predicted molar refractivity (Wildman–Crippen MR) is 128 cm³/mol. The topological polar surface area (TPSA) is 29.5 Å². The van der Waals surface area contributed by atoms with Gasteiger partial charge in [-0.15, -0.1) is 0 Å². The average molecular weight is 429 g/mol. The molecule has 2 nitrogen and oxygen atoms in total. The van der Waals surface area contributed by atoms with Gasteiger partial charge in [0.15, 0.2) is 0 Å². The normalized spacial score (nSPS) is 52.9. The Balaban J connectivity index is 1.40. The van der Waals surface area contributed by atoms with Crippen LogP contribution in [0.1, 0.15) is 92.9 Å². The van der Waals surface area contributed by atoms with Crippen molar-refractivity contribution in [2.24, 2.45) is 57.7 Å². The van der Waals surface area contributed by atoms with E-state index >= 15 is 0 Å². The summed E-state index contributed by atoms with van der Waals surface area (Å²) in [5, 5.41) is 11.1. The van der Waals surface area contributed by atoms with Crippen molar-refractivity contribution in [1.82, 2.24) is 0 Å². The number of ether oxygens (including phenoxy) is 1. The fourth-order valence-corrected chi connectivity index (χ4v) is 10.3. The standard InChI is InChI=1S/C29H48O2/c1-17(2)18(3)14-25(30)19(4)22-8-9-23-21-15-26(31-7)29-16-20(29)10-13-28(29,6)24(21)11-12-27(22,23)5/h14,17,19-26,30H,8-13,15-16H2,1-7H3/b18-14+/t19-,20-,21-,22+,23-,24-,25+,26+,27+,28+,29+/m0/s1. The third-order valence-corrected chi connectivity index (χ3v) is 12.4. The van der Waals surface area contributed by atoms with E-state index in [1.54, 1.807) is 0 Å². The molecule has 5 saturated carbocycles. The first-order chi connectivity index (χ1) is 14.6. The van der Waals surface area contributed by atoms with Crippen LogP contribution in [-0.4, -0.2) is 24.4 Å². The number of hydrogen-bond acceptors (Lipinski definition) is 2. The Labute approximate surface area is 191 Å². The molecule has 31 heavy (non-hydrogen) atoms. The van der Waals surface area contributed by atoms with Crippen LogP contribution < -0.4 is 0 Å². The minimum Gasteiger partial charge on any atom is -0.389 e. The highest BCUT2D eigenvalue weighted by Gasteiger charge is 2.77. The molecule has 0 aromatic rings. The monoisotopic (exact) mass is 428 g/mol. The van der Waals surface area contributed by atoms with Gasteiger partial charge in [0.1, 0.15) is 0 Å². The summed E-state index contributed by atoms with van der Waals surface area (Å²) >= 11 is 0. The number of rotatable bonds is 5. The van der Waals surface area contributed by atoms with E-state index in [9.17, 15) is 5.11 Å². The van der Waals surface area contributed by atoms with E-state index in [1.807, 2.05) is 7.11 Å². The van der Waals surface area contributed by atoms with Crippen LogP contribution in [0.4, 0.5) is 0 Å². The summed E-state index contributed by atoms with van der Waals surface area (Å²) in [5.74, 6) is 5.04. The lowest BCUT2D eigenvalue weighted by Crippen LogP contribution is -2.57. The summed E-state index contributed by atoms with van der Waals surface area (Å²) in [6.07, 6.45) is 13.5. The Bertz CT molecular complexity index is 741. The van der Waals surface area contributed by atoms with Crippen LogP contribution in [-0.2, 0) is 4.74 Å². The van der Waals surface area contributed by atoms with Gasteiger partial charge in [0.2, 0.25) is 0 Å². The first kappa shape index (κ1) is 22.5. The molecule has 0 bridgehead atoms. The van der Waals surface area contributed by atoms with Gasteiger partial charge in [-0.25, -0.2) is 0 Å². The first-order valence-corrected chi connectivity index (χ1v) is 13.5. The Morgan fingerprint density at radius 3 is 2.42 bits per heavy atom. The first-order valence-electron chi connectivity index (χ1n) is 13.5. The van der Waals surface area contributed by atoms with E-state index in [0.717, 1.165) is 23.7 Å². The largest absolute Gasteiger partial charge is 0.389 e. The molecule has 0 aromatic heterocycles. The summed E-state index contributed by atoms with van der Waals surface area (Å²) in [7, 11) is 2.00. The molecule has 0 saturated heterocycles. The Hall–Kier alpha value is -0.340. The van der Waals surface area contributed by atoms with Gasteiger partial charge in [-0.2, -0.15) is 0 Å². The highest BCUT2D eigenvalue weighted by Crippen LogP contribution is 2.82. The van der Waals surface area contributed by atoms with E-state index in [1.165, 1.54) is 56.9 Å². The number of aliphatic hydroxyl groups is 1. The molecule has 2 heteroatoms. The molecule has 176 valence electrons. The summed E-state index contributed by atoms with van der Waals surface area (Å²) in [6.45, 7) is 14.3. The summed E-state index contributed by atoms with van der Waals surface area (Å²) < 4.78 is 6.28. The van der Waals surface area contributed by atoms with Gasteiger partial charge in [-0.3, -0.25) is 0 Å². The molecule has 0 unspecified atom stereocenters. The van der Waals surface area contributed by atoms with Crippen LogP contribution in [0.15, 0.2) is 11.6 Å². The maximum absolute atomic E-state index is 11.1. The van der Waals surface area contributed by atoms with Crippen molar-refractivity contribution in [2.75, 3.05) is 7.11 Å². The van der Waals surface area contributed by atoms with Gasteiger partial charge in [0.05, 0.1) is 12.2 Å². The summed E-state index contributed by atoms with van der Waals surface area (Å²) in [6, 6.07) is 0. The van der Waals surface area contributed by atoms with E-state index in [0.29, 0.717) is 40.1 Å². The second-order valence-electron chi connectivity index (χ2n) is 13.4. The van der Waals surface area contributed by atoms with Crippen molar-refractivity contribution in [3.63, 3.8) is 0 Å². The maximum Gasteiger partial charge on any atom is 0.0751 e. The van der Waals surface area contributed by atoms with Gasteiger partial charge in [0.25, 0.3) is 0 Å². The van der Waals surface area contributed by atoms with Crippen molar-refractivity contribution in [3.05, 3.63) is 11.6 Å². The van der Waals surface area contributed by atoms with Crippen molar-refractivity contribution >= 4 is 0 Å². The second kappa shape index (κ2) is 7.33. The zero-order valence-electron chi connectivity index (χ0n) is 21.3. The Morgan fingerprint density at radius 2 is 1.77 bits per heavy atom. The molecule has 5 rings (SSSR count). The van der Waals surface area contributed by atoms with Gasteiger partial charge >= 0.3 is 0 Å². The number of aliphatic hydroxyl groups excluding tert-OH is 1. The second-order valence-corrected chi connectivity index (χ2v) is 13.4. The van der Waals surface area contributed by atoms with Crippen LogP contribution in [0.2, 0.25) is 0 Å². The van der Waals surface area contributed by atoms with Crippen LogP contribution in [0.25, 0.3) is 0 Å². The van der Waals surface area contributed by atoms with E-state index in [2.05, 4.69) is 47.6 Å². The molecule has 0 heterocycles. The van der Waals surface area contributed by atoms with Crippen molar-refractivity contribution in [1.29, 1.82) is 0 Å². The third-order valence-electron chi connectivity index (χ3n) is 12.4. The smallest absolute Gasteiger partial charge is 0.0751 e. The van der Waals surface area contributed by atoms with E-state index < -0.39 is 0 Å². The molecule has 0 radical (unpaired) electrons. The Kier molecular flexibility index (Phi) is 5.31. The van der Waals surface area contributed by atoms with Gasteiger partial charge in [-0.1, -0.05) is 46.3 Å². The predicted octanol–water partition coefficient (Wildman–Crippen LogP) is 6.87. The Morgan fingerprint density at radius 1 is 1.03 bits per heavy atom. The summed E-state index contributed by atoms with van der Waals surface area (Å²) in [5.41, 5.74) is 2.76. The average Bonchev–Trinajstić information content (AvgIpc) is 3.24. The highest BCUT2D eigenvalue weighted by molar-refractivity contribution is 5.26. The lowest BCUT2D eigenvalue weighted by molar-refractivity contribution is -0.162. The molecule has 0 amide bonds. The molecular formula is C29H48O2. The molecular weight excluding hydrogens is 380 g/mol. The molecule has 5 aliphatic carbocycles. The molecule has 5 aliphatic rings. The zero-order chi connectivity index (χ0) is 22.3. The highest BCUT2D eigenvalue weighted by atomic mass is 16.5. The molecule has 11 atom stereocenters. The van der Waals surface area contributed by atoms with Crippen LogP contribution in [0, 0.1) is 57.7 Å². The fourth-order valence-electron chi connectivity index (χ4n) is 10.3. The minimum absolute atomic E-state index is 0.304. The minimum atomic E-state index is -0.304. The quantitative estimate of drug-likeness (QED) is 0.484. The molecule has 1 spiro atoms. The van der Waals surface area contributed by atoms with Gasteiger partial charge in [-0.05, 0) is 111 Å². The van der Waals surface area contributed by atoms with Gasteiger partial charge in [0, 0.05) is 12.5 Å². The zero-order valence-corrected chi connectivity index (χ0v) is 21.3. The number of hydrogen-bond donors (Lipinski definition) is 1. The van der Waals surface area contributed by atoms with E-state index in [4.69, 9.17) is 4.74 Å². The van der Waals surface area contributed by atoms with Crippen LogP contribution in [0.3, 0.4) is 0 Å². The number of methoxy groups -OCH3 is 1. The van der Waals surface area contributed by atoms with Crippen LogP contribution in [0.5, 0.6) is 0 Å². The van der Waals surface area contributed by atoms with Crippen molar-refractivity contribution in [3.8, 4) is 0 Å². The van der Waals surface area contributed by atoms with Crippen LogP contribution >= 0.6 is 0 Å². The molecule has 0 aliphatic heterocycles. The third kappa shape index (κ3) is 2.89. The SMILES string of the molecule is CO[C@@H]1C[C@H]2[C@@H]3CC[C@H]([C@H](C)[C@H](O)/C=C(\C)C(C)C)[C@@]3(C)CC[C@@H]2[C@@]2(C)CC[C@H]3C[C@@]312. The molecule has 1 N–H and O–H groups in total. The van der Waals surface area contributed by atoms with Crippen molar-refractivity contribution < 1.29 is 9.84 Å². The van der Waals surface area contributed by atoms with Crippen molar-refractivity contribution in [2.45, 2.75) is 105 Å². The number of allylic oxidation sites excluding steroid dienone is 1. The fraction of sp³-hybridized carbons (Fsp3) is 0.931. The van der Waals surface area contributed by atoms with E-state index in [-0.39, 0.29) is 6.10 Å². The lowest BCUT2D eigenvalue weighted by Gasteiger charge is -2.61. The summed E-state index contributed by atoms with van der Waals surface area (Å²) in [4.78, 5) is 0. The number of fused-ring (bicyclic) bond motifs is 4. The van der Waals surface area contributed by atoms with Gasteiger partial charge < -0.3 is 9.84 Å². The molecule has 5 fully saturated rings. The lowest BCUT2D eigenvalue weighted by atomic mass is 9.45.